The first-order chi connectivity index (χ1) is 11.0. The summed E-state index contributed by atoms with van der Waals surface area (Å²) in [6.45, 7) is 0.108. The van der Waals surface area contributed by atoms with Crippen molar-refractivity contribution in [3.63, 3.8) is 0 Å². The highest BCUT2D eigenvalue weighted by Gasteiger charge is 2.29. The SMILES string of the molecule is O=C(CC1CCc2sccc2C1=O)NCc1cc(C(=O)O)co1. The first kappa shape index (κ1) is 15.5. The normalized spacial score (nSPS) is 16.9. The van der Waals surface area contributed by atoms with Crippen LogP contribution in [0.5, 0.6) is 0 Å². The second-order valence-electron chi connectivity index (χ2n) is 5.45. The molecule has 1 aliphatic carbocycles. The summed E-state index contributed by atoms with van der Waals surface area (Å²) >= 11 is 1.58. The van der Waals surface area contributed by atoms with Crippen LogP contribution >= 0.6 is 11.3 Å². The van der Waals surface area contributed by atoms with Crippen molar-refractivity contribution < 1.29 is 23.9 Å². The molecule has 0 fully saturated rings. The summed E-state index contributed by atoms with van der Waals surface area (Å²) in [4.78, 5) is 36.2. The summed E-state index contributed by atoms with van der Waals surface area (Å²) in [7, 11) is 0. The van der Waals surface area contributed by atoms with Crippen LogP contribution in [0.2, 0.25) is 0 Å². The smallest absolute Gasteiger partial charge is 0.338 e. The van der Waals surface area contributed by atoms with Crippen molar-refractivity contribution in [2.45, 2.75) is 25.8 Å². The van der Waals surface area contributed by atoms with Crippen LogP contribution in [0.1, 0.15) is 44.2 Å². The molecular weight excluding hydrogens is 318 g/mol. The number of Topliss-reactive ketones (excluding diaryl/α,β-unsaturated/α-hetero) is 1. The summed E-state index contributed by atoms with van der Waals surface area (Å²) in [6, 6.07) is 3.19. The Morgan fingerprint density at radius 2 is 2.26 bits per heavy atom. The first-order valence-corrected chi connectivity index (χ1v) is 8.10. The van der Waals surface area contributed by atoms with E-state index in [0.29, 0.717) is 12.2 Å². The van der Waals surface area contributed by atoms with Gasteiger partial charge < -0.3 is 14.8 Å². The van der Waals surface area contributed by atoms with E-state index in [2.05, 4.69) is 5.32 Å². The van der Waals surface area contributed by atoms with Gasteiger partial charge in [0.25, 0.3) is 0 Å². The second kappa shape index (κ2) is 6.37. The number of carbonyl (C=O) groups is 3. The number of rotatable bonds is 5. The third-order valence-electron chi connectivity index (χ3n) is 3.89. The third-order valence-corrected chi connectivity index (χ3v) is 4.87. The van der Waals surface area contributed by atoms with E-state index in [0.717, 1.165) is 23.1 Å². The first-order valence-electron chi connectivity index (χ1n) is 7.22. The molecule has 2 heterocycles. The quantitative estimate of drug-likeness (QED) is 0.876. The average Bonchev–Trinajstić information content (AvgIpc) is 3.17. The van der Waals surface area contributed by atoms with Gasteiger partial charge in [-0.3, -0.25) is 9.59 Å². The minimum absolute atomic E-state index is 0.0359. The van der Waals surface area contributed by atoms with E-state index in [1.165, 1.54) is 6.07 Å². The molecular formula is C16H15NO5S. The third kappa shape index (κ3) is 3.34. The largest absolute Gasteiger partial charge is 0.478 e. The van der Waals surface area contributed by atoms with E-state index >= 15 is 0 Å². The zero-order valence-electron chi connectivity index (χ0n) is 12.2. The summed E-state index contributed by atoms with van der Waals surface area (Å²) in [6.07, 6.45) is 2.79. The minimum Gasteiger partial charge on any atom is -0.478 e. The number of fused-ring (bicyclic) bond motifs is 1. The number of amides is 1. The lowest BCUT2D eigenvalue weighted by atomic mass is 9.85. The van der Waals surface area contributed by atoms with Crippen molar-refractivity contribution in [2.24, 2.45) is 5.92 Å². The van der Waals surface area contributed by atoms with Gasteiger partial charge in [-0.2, -0.15) is 0 Å². The summed E-state index contributed by atoms with van der Waals surface area (Å²) in [5, 5.41) is 13.4. The molecule has 7 heteroatoms. The highest BCUT2D eigenvalue weighted by molar-refractivity contribution is 7.10. The maximum absolute atomic E-state index is 12.3. The van der Waals surface area contributed by atoms with E-state index in [-0.39, 0.29) is 36.1 Å². The zero-order valence-corrected chi connectivity index (χ0v) is 13.0. The fourth-order valence-corrected chi connectivity index (χ4v) is 3.57. The van der Waals surface area contributed by atoms with Gasteiger partial charge in [0.05, 0.1) is 12.1 Å². The predicted molar refractivity (Wildman–Crippen MR) is 82.6 cm³/mol. The predicted octanol–water partition coefficient (Wildman–Crippen LogP) is 2.49. The van der Waals surface area contributed by atoms with E-state index in [1.54, 1.807) is 11.3 Å². The number of carboxylic acids is 1. The Morgan fingerprint density at radius 1 is 1.43 bits per heavy atom. The van der Waals surface area contributed by atoms with Gasteiger partial charge in [0.15, 0.2) is 5.78 Å². The summed E-state index contributed by atoms with van der Waals surface area (Å²) in [5.41, 5.74) is 0.790. The van der Waals surface area contributed by atoms with Gasteiger partial charge in [0.1, 0.15) is 12.0 Å². The topological polar surface area (TPSA) is 96.6 Å². The van der Waals surface area contributed by atoms with Crippen molar-refractivity contribution in [3.05, 3.63) is 45.5 Å². The molecule has 3 rings (SSSR count). The lowest BCUT2D eigenvalue weighted by Gasteiger charge is -2.20. The van der Waals surface area contributed by atoms with E-state index in [1.807, 2.05) is 11.4 Å². The fraction of sp³-hybridized carbons (Fsp3) is 0.312. The second-order valence-corrected chi connectivity index (χ2v) is 6.45. The summed E-state index contributed by atoms with van der Waals surface area (Å²) in [5.74, 6) is -1.20. The fourth-order valence-electron chi connectivity index (χ4n) is 2.67. The molecule has 1 aliphatic rings. The van der Waals surface area contributed by atoms with Crippen LogP contribution in [-0.4, -0.2) is 22.8 Å². The Labute approximate surface area is 136 Å². The molecule has 23 heavy (non-hydrogen) atoms. The number of nitrogens with one attached hydrogen (secondary N) is 1. The number of aryl methyl sites for hydroxylation is 1. The van der Waals surface area contributed by atoms with Gasteiger partial charge in [-0.25, -0.2) is 4.79 Å². The maximum Gasteiger partial charge on any atom is 0.338 e. The molecule has 0 radical (unpaired) electrons. The lowest BCUT2D eigenvalue weighted by molar-refractivity contribution is -0.122. The molecule has 0 aromatic carbocycles. The highest BCUT2D eigenvalue weighted by Crippen LogP contribution is 2.31. The lowest BCUT2D eigenvalue weighted by Crippen LogP contribution is -2.30. The Kier molecular flexibility index (Phi) is 4.29. The molecule has 2 aromatic heterocycles. The van der Waals surface area contributed by atoms with Gasteiger partial charge in [-0.05, 0) is 30.4 Å². The molecule has 2 aromatic rings. The number of ketones is 1. The van der Waals surface area contributed by atoms with Crippen molar-refractivity contribution in [1.82, 2.24) is 5.32 Å². The van der Waals surface area contributed by atoms with Crippen LogP contribution in [0.3, 0.4) is 0 Å². The van der Waals surface area contributed by atoms with E-state index in [9.17, 15) is 14.4 Å². The number of carboxylic acid groups (broad SMARTS) is 1. The molecule has 2 N–H and O–H groups in total. The molecule has 1 atom stereocenters. The van der Waals surface area contributed by atoms with Crippen LogP contribution in [0.4, 0.5) is 0 Å². The Hall–Kier alpha value is -2.41. The maximum atomic E-state index is 12.3. The standard InChI is InChI=1S/C16H15NO5S/c18-14(17-7-11-5-10(8-22-11)16(20)21)6-9-1-2-13-12(15(9)19)3-4-23-13/h3-5,8-9H,1-2,6-7H2,(H,17,18)(H,20,21). The van der Waals surface area contributed by atoms with Crippen molar-refractivity contribution in [1.29, 1.82) is 0 Å². The number of thiophene rings is 1. The van der Waals surface area contributed by atoms with Crippen LogP contribution in [0.25, 0.3) is 0 Å². The zero-order chi connectivity index (χ0) is 16.4. The van der Waals surface area contributed by atoms with Crippen LogP contribution < -0.4 is 5.32 Å². The number of furan rings is 1. The highest BCUT2D eigenvalue weighted by atomic mass is 32.1. The number of carbonyl (C=O) groups excluding carboxylic acids is 2. The van der Waals surface area contributed by atoms with Gasteiger partial charge in [0.2, 0.25) is 5.91 Å². The van der Waals surface area contributed by atoms with Crippen molar-refractivity contribution in [2.75, 3.05) is 0 Å². The van der Waals surface area contributed by atoms with Crippen molar-refractivity contribution in [3.8, 4) is 0 Å². The van der Waals surface area contributed by atoms with E-state index < -0.39 is 5.97 Å². The molecule has 0 spiro atoms. The van der Waals surface area contributed by atoms with E-state index in [4.69, 9.17) is 9.52 Å². The molecule has 0 aliphatic heterocycles. The van der Waals surface area contributed by atoms with Gasteiger partial charge in [0, 0.05) is 22.8 Å². The summed E-state index contributed by atoms with van der Waals surface area (Å²) < 4.78 is 5.06. The Bertz CT molecular complexity index is 760. The molecule has 0 bridgehead atoms. The molecule has 1 unspecified atom stereocenters. The molecule has 0 saturated heterocycles. The van der Waals surface area contributed by atoms with Crippen LogP contribution in [-0.2, 0) is 17.8 Å². The number of hydrogen-bond acceptors (Lipinski definition) is 5. The van der Waals surface area contributed by atoms with Crippen LogP contribution in [0.15, 0.2) is 28.2 Å². The van der Waals surface area contributed by atoms with Gasteiger partial charge >= 0.3 is 5.97 Å². The monoisotopic (exact) mass is 333 g/mol. The van der Waals surface area contributed by atoms with Crippen molar-refractivity contribution >= 4 is 29.0 Å². The molecule has 6 nitrogen and oxygen atoms in total. The van der Waals surface area contributed by atoms with Crippen LogP contribution in [0, 0.1) is 5.92 Å². The average molecular weight is 333 g/mol. The Balaban J connectivity index is 1.53. The van der Waals surface area contributed by atoms with Gasteiger partial charge in [-0.15, -0.1) is 11.3 Å². The Morgan fingerprint density at radius 3 is 3.00 bits per heavy atom. The molecule has 1 amide bonds. The van der Waals surface area contributed by atoms with Gasteiger partial charge in [-0.1, -0.05) is 0 Å². The molecule has 0 saturated carbocycles. The molecule has 120 valence electrons. The number of aromatic carboxylic acids is 1. The number of hydrogen-bond donors (Lipinski definition) is 2. The minimum atomic E-state index is -1.08.